The van der Waals surface area contributed by atoms with Gasteiger partial charge in [0, 0.05) is 17.9 Å². The number of carboxylic acids is 1. The quantitative estimate of drug-likeness (QED) is 0.0244. The second-order valence-electron chi connectivity index (χ2n) is 14.1. The van der Waals surface area contributed by atoms with E-state index in [1.165, 1.54) is 36.4 Å². The maximum absolute atomic E-state index is 13.7. The zero-order valence-electron chi connectivity index (χ0n) is 33.6. The summed E-state index contributed by atoms with van der Waals surface area (Å²) in [6.07, 6.45) is -6.25. The van der Waals surface area contributed by atoms with Crippen molar-refractivity contribution < 1.29 is 73.5 Å². The van der Waals surface area contributed by atoms with Gasteiger partial charge in [0.25, 0.3) is 5.56 Å². The van der Waals surface area contributed by atoms with E-state index in [1.807, 2.05) is 4.98 Å². The fourth-order valence-corrected chi connectivity index (χ4v) is 7.30. The van der Waals surface area contributed by atoms with Gasteiger partial charge in [-0.05, 0) is 47.9 Å². The molecule has 2 aliphatic rings. The number of nitrogens with zero attached hydrogens (tertiary/aromatic N) is 3. The van der Waals surface area contributed by atoms with Gasteiger partial charge < -0.3 is 72.0 Å². The molecule has 64 heavy (non-hydrogen) atoms. The Balaban J connectivity index is 1.60. The van der Waals surface area contributed by atoms with Crippen molar-refractivity contribution in [1.82, 2.24) is 40.8 Å². The highest BCUT2D eigenvalue weighted by Gasteiger charge is 2.31. The maximum atomic E-state index is 13.7. The molecule has 6 atom stereocenters. The number of hydrogen-bond donors (Lipinski definition) is 14. The summed E-state index contributed by atoms with van der Waals surface area (Å²) in [6, 6.07) is 4.40. The van der Waals surface area contributed by atoms with Crippen LogP contribution in [0.4, 0.5) is 0 Å². The van der Waals surface area contributed by atoms with Crippen LogP contribution in [0.5, 0.6) is 5.75 Å². The van der Waals surface area contributed by atoms with Gasteiger partial charge >= 0.3 is 19.5 Å². The molecule has 0 saturated carbocycles. The molecule has 0 saturated heterocycles. The number of fused-ring (bicyclic) bond motifs is 2. The number of carbonyl (C=O) groups is 5. The van der Waals surface area contributed by atoms with Crippen molar-refractivity contribution >= 4 is 60.2 Å². The SMILES string of the molecule is Cc1cc2nc3c(=O)[nH]c(=O)nc-3n(CC(O)C(O)C(O)COP(=O)(O)O)c2cc1CSCC(NC(=O)CNC(=O)CNC(=O)C(N)CO)C(=O)NC(Cc1ccc(O)cc1)C(=O)O. The molecule has 4 amide bonds. The predicted octanol–water partition coefficient (Wildman–Crippen LogP) is -5.13. The highest BCUT2D eigenvalue weighted by molar-refractivity contribution is 7.98. The van der Waals surface area contributed by atoms with Crippen molar-refractivity contribution in [2.24, 2.45) is 5.73 Å². The third kappa shape index (κ3) is 14.6. The Bertz CT molecular complexity index is 2470. The fourth-order valence-electron chi connectivity index (χ4n) is 5.83. The first-order chi connectivity index (χ1) is 30.1. The van der Waals surface area contributed by atoms with Crippen molar-refractivity contribution in [2.75, 3.05) is 32.1 Å². The summed E-state index contributed by atoms with van der Waals surface area (Å²) in [6.45, 7) is -2.06. The number of aromatic hydroxyl groups is 1. The number of nitrogens with two attached hydrogens (primary N) is 1. The van der Waals surface area contributed by atoms with Gasteiger partial charge in [-0.1, -0.05) is 12.1 Å². The van der Waals surface area contributed by atoms with Crippen LogP contribution in [-0.2, 0) is 51.8 Å². The van der Waals surface area contributed by atoms with Gasteiger partial charge in [-0.25, -0.2) is 19.1 Å². The molecule has 0 radical (unpaired) electrons. The number of aliphatic hydroxyl groups is 4. The fraction of sp³-hybridized carbons (Fsp3) is 0.417. The number of aryl methyl sites for hydroxylation is 1. The summed E-state index contributed by atoms with van der Waals surface area (Å²) in [4.78, 5) is 116. The summed E-state index contributed by atoms with van der Waals surface area (Å²) in [7, 11) is -5.07. The summed E-state index contributed by atoms with van der Waals surface area (Å²) in [5.74, 6) is -5.48. The molecule has 348 valence electrons. The van der Waals surface area contributed by atoms with Crippen LogP contribution in [0.3, 0.4) is 0 Å². The molecule has 15 N–H and O–H groups in total. The lowest BCUT2D eigenvalue weighted by molar-refractivity contribution is -0.142. The Labute approximate surface area is 364 Å². The predicted molar refractivity (Wildman–Crippen MR) is 222 cm³/mol. The Morgan fingerprint density at radius 1 is 0.938 bits per heavy atom. The van der Waals surface area contributed by atoms with E-state index in [0.717, 1.165) is 16.3 Å². The van der Waals surface area contributed by atoms with E-state index in [2.05, 4.69) is 35.8 Å². The molecule has 0 fully saturated rings. The van der Waals surface area contributed by atoms with Gasteiger partial charge in [0.15, 0.2) is 11.5 Å². The number of amides is 4. The van der Waals surface area contributed by atoms with Crippen LogP contribution in [0.2, 0.25) is 0 Å². The molecule has 2 aliphatic heterocycles. The number of thioether (sulfide) groups is 1. The highest BCUT2D eigenvalue weighted by atomic mass is 32.2. The zero-order valence-corrected chi connectivity index (χ0v) is 35.3. The van der Waals surface area contributed by atoms with Crippen LogP contribution in [-0.4, -0.2) is 158 Å². The number of aromatic amines is 1. The van der Waals surface area contributed by atoms with Gasteiger partial charge in [0.1, 0.15) is 42.2 Å². The third-order valence-corrected chi connectivity index (χ3v) is 10.8. The standard InChI is InChI=1S/C36H46N9O17PS/c1-16-6-21-24(45(31-29(41-21)34(55)44-36(58)43-31)11-25(48)30(52)26(49)13-62-63(59,60)61)8-18(16)14-64-15-23(40-28(51)10-38-27(50)9-39-32(53)20(37)12-46)33(54)42-22(35(56)57)7-17-2-4-19(47)5-3-17/h2-6,8,20,22-23,25-26,30,46-49,52H,7,9-15,37H2,1H3,(H,38,50)(H,39,53)(H,40,51)(H,42,54)(H,56,57)(H,44,55,58)(H2,59,60,61). The molecule has 2 heterocycles. The number of aliphatic carboxylic acids is 1. The van der Waals surface area contributed by atoms with Crippen molar-refractivity contribution in [3.8, 4) is 17.3 Å². The van der Waals surface area contributed by atoms with E-state index in [0.29, 0.717) is 16.7 Å². The van der Waals surface area contributed by atoms with E-state index >= 15 is 0 Å². The van der Waals surface area contributed by atoms with Crippen LogP contribution in [0.25, 0.3) is 22.6 Å². The monoisotopic (exact) mass is 939 g/mol. The molecule has 6 unspecified atom stereocenters. The minimum Gasteiger partial charge on any atom is -0.508 e. The van der Waals surface area contributed by atoms with E-state index in [-0.39, 0.29) is 46.2 Å². The average molecular weight is 940 g/mol. The van der Waals surface area contributed by atoms with Crippen LogP contribution in [0, 0.1) is 6.92 Å². The van der Waals surface area contributed by atoms with Gasteiger partial charge in [-0.2, -0.15) is 16.7 Å². The molecule has 26 nitrogen and oxygen atoms in total. The van der Waals surface area contributed by atoms with E-state index in [4.69, 9.17) is 20.6 Å². The summed E-state index contributed by atoms with van der Waals surface area (Å²) in [5, 5.41) is 69.6. The second kappa shape index (κ2) is 22.7. The molecule has 0 spiro atoms. The molecule has 2 aromatic rings. The van der Waals surface area contributed by atoms with Gasteiger partial charge in [-0.15, -0.1) is 0 Å². The molecule has 28 heteroatoms. The number of phosphoric ester groups is 1. The first-order valence-electron chi connectivity index (χ1n) is 18.8. The van der Waals surface area contributed by atoms with E-state index in [9.17, 15) is 63.7 Å². The van der Waals surface area contributed by atoms with Crippen LogP contribution < -0.4 is 38.2 Å². The van der Waals surface area contributed by atoms with Crippen LogP contribution in [0.15, 0.2) is 46.0 Å². The summed E-state index contributed by atoms with van der Waals surface area (Å²) < 4.78 is 16.5. The third-order valence-electron chi connectivity index (χ3n) is 9.23. The largest absolute Gasteiger partial charge is 0.508 e. The molecular formula is C36H46N9O17PS. The van der Waals surface area contributed by atoms with Gasteiger partial charge in [0.2, 0.25) is 23.6 Å². The van der Waals surface area contributed by atoms with Gasteiger partial charge in [-0.3, -0.25) is 33.5 Å². The lowest BCUT2D eigenvalue weighted by atomic mass is 10.1. The molecule has 4 rings (SSSR count). The Kier molecular flexibility index (Phi) is 18.0. The molecule has 0 bridgehead atoms. The first-order valence-corrected chi connectivity index (χ1v) is 21.5. The number of H-pyrrole nitrogens is 1. The van der Waals surface area contributed by atoms with Crippen molar-refractivity contribution in [1.29, 1.82) is 0 Å². The summed E-state index contributed by atoms with van der Waals surface area (Å²) in [5.41, 5.74) is 4.80. The number of hydrogen-bond acceptors (Lipinski definition) is 18. The number of aliphatic hydroxyl groups excluding tert-OH is 4. The normalized spacial score (nSPS) is 14.5. The minimum atomic E-state index is -5.07. The van der Waals surface area contributed by atoms with Crippen LogP contribution >= 0.6 is 19.6 Å². The van der Waals surface area contributed by atoms with Crippen molar-refractivity contribution in [3.63, 3.8) is 0 Å². The Hall–Kier alpha value is -5.87. The lowest BCUT2D eigenvalue weighted by Crippen LogP contribution is -2.55. The highest BCUT2D eigenvalue weighted by Crippen LogP contribution is 2.36. The van der Waals surface area contributed by atoms with Gasteiger partial charge in [0.05, 0.1) is 43.9 Å². The Morgan fingerprint density at radius 2 is 1.61 bits per heavy atom. The zero-order chi connectivity index (χ0) is 47.5. The smallest absolute Gasteiger partial charge is 0.469 e. The molecular weight excluding hydrogens is 893 g/mol. The van der Waals surface area contributed by atoms with E-state index < -0.39 is 118 Å². The first kappa shape index (κ1) is 50.8. The number of carboxylic acid groups (broad SMARTS) is 1. The van der Waals surface area contributed by atoms with Crippen molar-refractivity contribution in [2.45, 2.75) is 62.1 Å². The van der Waals surface area contributed by atoms with E-state index in [1.54, 1.807) is 6.92 Å². The lowest BCUT2D eigenvalue weighted by Gasteiger charge is -2.26. The number of nitrogens with one attached hydrogen (secondary N) is 5. The average Bonchev–Trinajstić information content (AvgIpc) is 3.23. The minimum absolute atomic E-state index is 0.0565. The Morgan fingerprint density at radius 3 is 2.25 bits per heavy atom. The van der Waals surface area contributed by atoms with Crippen LogP contribution in [0.1, 0.15) is 16.7 Å². The number of phosphoric acid groups is 1. The molecule has 0 aromatic heterocycles. The number of carbonyl (C=O) groups excluding carboxylic acids is 4. The summed E-state index contributed by atoms with van der Waals surface area (Å²) >= 11 is 1.07. The number of benzene rings is 2. The maximum Gasteiger partial charge on any atom is 0.469 e. The second-order valence-corrected chi connectivity index (χ2v) is 16.4. The number of phenols is 1. The topological polar surface area (TPSA) is 428 Å². The number of phenolic OH excluding ortho intramolecular Hbond substituents is 1. The van der Waals surface area contributed by atoms with Crippen molar-refractivity contribution in [3.05, 3.63) is 73.9 Å². The number of aromatic nitrogens is 4. The molecule has 2 aromatic carbocycles. The molecule has 0 aliphatic carbocycles. The number of rotatable bonds is 23.